The third-order valence-electron chi connectivity index (χ3n) is 0.983. The monoisotopic (exact) mass is 159 g/mol. The fourth-order valence-electron chi connectivity index (χ4n) is 0.550. The summed E-state index contributed by atoms with van der Waals surface area (Å²) in [7, 11) is 0. The number of nitrogens with two attached hydrogens (primary N) is 1. The maximum Gasteiger partial charge on any atom is 0.0704 e. The van der Waals surface area contributed by atoms with Crippen LogP contribution < -0.4 is 5.73 Å². The SMILES string of the molecule is C=C(C)COCCOCCN. The molecule has 3 nitrogen and oxygen atoms in total. The molecule has 0 atom stereocenters. The van der Waals surface area contributed by atoms with E-state index < -0.39 is 0 Å². The molecule has 0 heterocycles. The van der Waals surface area contributed by atoms with E-state index in [-0.39, 0.29) is 0 Å². The van der Waals surface area contributed by atoms with Crippen LogP contribution in [-0.4, -0.2) is 33.0 Å². The van der Waals surface area contributed by atoms with Gasteiger partial charge in [0.1, 0.15) is 0 Å². The van der Waals surface area contributed by atoms with E-state index in [0.29, 0.717) is 33.0 Å². The topological polar surface area (TPSA) is 44.5 Å². The predicted molar refractivity (Wildman–Crippen MR) is 45.5 cm³/mol. The molecule has 0 aliphatic heterocycles. The van der Waals surface area contributed by atoms with Crippen molar-refractivity contribution in [3.05, 3.63) is 12.2 Å². The minimum absolute atomic E-state index is 0.570. The van der Waals surface area contributed by atoms with E-state index in [4.69, 9.17) is 15.2 Å². The first-order valence-corrected chi connectivity index (χ1v) is 3.77. The lowest BCUT2D eigenvalue weighted by atomic mass is 10.4. The van der Waals surface area contributed by atoms with E-state index in [1.165, 1.54) is 0 Å². The van der Waals surface area contributed by atoms with Crippen molar-refractivity contribution >= 4 is 0 Å². The van der Waals surface area contributed by atoms with Gasteiger partial charge in [-0.2, -0.15) is 0 Å². The van der Waals surface area contributed by atoms with Crippen LogP contribution in [0.25, 0.3) is 0 Å². The van der Waals surface area contributed by atoms with Crippen LogP contribution in [0.1, 0.15) is 6.92 Å². The second-order valence-corrected chi connectivity index (χ2v) is 2.41. The van der Waals surface area contributed by atoms with Crippen LogP contribution in [0, 0.1) is 0 Å². The lowest BCUT2D eigenvalue weighted by Gasteiger charge is -2.03. The Balaban J connectivity index is 2.85. The summed E-state index contributed by atoms with van der Waals surface area (Å²) in [6.45, 7) is 8.66. The van der Waals surface area contributed by atoms with E-state index in [2.05, 4.69) is 6.58 Å². The molecule has 0 rings (SSSR count). The maximum absolute atomic E-state index is 5.21. The smallest absolute Gasteiger partial charge is 0.0704 e. The van der Waals surface area contributed by atoms with Crippen molar-refractivity contribution in [1.82, 2.24) is 0 Å². The van der Waals surface area contributed by atoms with Gasteiger partial charge in [0.05, 0.1) is 26.4 Å². The largest absolute Gasteiger partial charge is 0.378 e. The molecule has 0 amide bonds. The Morgan fingerprint density at radius 3 is 2.45 bits per heavy atom. The molecule has 0 aliphatic rings. The fraction of sp³-hybridized carbons (Fsp3) is 0.750. The maximum atomic E-state index is 5.21. The third-order valence-corrected chi connectivity index (χ3v) is 0.983. The summed E-state index contributed by atoms with van der Waals surface area (Å²) >= 11 is 0. The van der Waals surface area contributed by atoms with Crippen LogP contribution in [0.4, 0.5) is 0 Å². The van der Waals surface area contributed by atoms with Gasteiger partial charge in [-0.15, -0.1) is 0 Å². The van der Waals surface area contributed by atoms with Crippen molar-refractivity contribution < 1.29 is 9.47 Å². The van der Waals surface area contributed by atoms with Crippen molar-refractivity contribution in [1.29, 1.82) is 0 Å². The third kappa shape index (κ3) is 9.62. The quantitative estimate of drug-likeness (QED) is 0.436. The molecule has 0 aromatic heterocycles. The molecule has 0 aliphatic carbocycles. The molecule has 0 saturated carbocycles. The Labute approximate surface area is 68.2 Å². The van der Waals surface area contributed by atoms with Crippen LogP contribution in [0.3, 0.4) is 0 Å². The molecule has 0 spiro atoms. The Kier molecular flexibility index (Phi) is 7.46. The van der Waals surface area contributed by atoms with Crippen LogP contribution in [0.5, 0.6) is 0 Å². The van der Waals surface area contributed by atoms with Gasteiger partial charge in [0, 0.05) is 6.54 Å². The first-order chi connectivity index (χ1) is 5.27. The minimum Gasteiger partial charge on any atom is -0.378 e. The van der Waals surface area contributed by atoms with Gasteiger partial charge in [0.15, 0.2) is 0 Å². The van der Waals surface area contributed by atoms with Gasteiger partial charge < -0.3 is 15.2 Å². The van der Waals surface area contributed by atoms with Gasteiger partial charge in [-0.1, -0.05) is 12.2 Å². The van der Waals surface area contributed by atoms with E-state index in [9.17, 15) is 0 Å². The number of rotatable bonds is 7. The zero-order valence-electron chi connectivity index (χ0n) is 7.14. The average Bonchev–Trinajstić information content (AvgIpc) is 1.96. The van der Waals surface area contributed by atoms with Crippen LogP contribution in [0.2, 0.25) is 0 Å². The van der Waals surface area contributed by atoms with Gasteiger partial charge in [0.2, 0.25) is 0 Å². The van der Waals surface area contributed by atoms with Crippen LogP contribution in [0.15, 0.2) is 12.2 Å². The summed E-state index contributed by atoms with van der Waals surface area (Å²) in [5.74, 6) is 0. The van der Waals surface area contributed by atoms with Gasteiger partial charge in [-0.25, -0.2) is 0 Å². The molecule has 3 heteroatoms. The average molecular weight is 159 g/mol. The Hall–Kier alpha value is -0.380. The molecule has 0 unspecified atom stereocenters. The zero-order chi connectivity index (χ0) is 8.53. The highest BCUT2D eigenvalue weighted by molar-refractivity contribution is 4.87. The molecule has 11 heavy (non-hydrogen) atoms. The summed E-state index contributed by atoms with van der Waals surface area (Å²) < 4.78 is 10.3. The second kappa shape index (κ2) is 7.72. The van der Waals surface area contributed by atoms with Gasteiger partial charge in [0.25, 0.3) is 0 Å². The molecule has 0 radical (unpaired) electrons. The predicted octanol–water partition coefficient (Wildman–Crippen LogP) is 0.554. The van der Waals surface area contributed by atoms with Crippen molar-refractivity contribution in [3.8, 4) is 0 Å². The molecule has 2 N–H and O–H groups in total. The zero-order valence-corrected chi connectivity index (χ0v) is 7.14. The van der Waals surface area contributed by atoms with E-state index in [1.807, 2.05) is 6.92 Å². The first-order valence-electron chi connectivity index (χ1n) is 3.77. The normalized spacial score (nSPS) is 10.0. The molecule has 0 aromatic rings. The van der Waals surface area contributed by atoms with Crippen molar-refractivity contribution in [2.45, 2.75) is 6.92 Å². The van der Waals surface area contributed by atoms with Gasteiger partial charge >= 0.3 is 0 Å². The van der Waals surface area contributed by atoms with E-state index in [1.54, 1.807) is 0 Å². The van der Waals surface area contributed by atoms with Gasteiger partial charge in [-0.3, -0.25) is 0 Å². The molecular formula is C8H17NO2. The summed E-state index contributed by atoms with van der Waals surface area (Å²) in [5, 5.41) is 0. The van der Waals surface area contributed by atoms with Crippen molar-refractivity contribution in [2.75, 3.05) is 33.0 Å². The molecule has 0 fully saturated rings. The number of hydrogen-bond acceptors (Lipinski definition) is 3. The Bertz CT molecular complexity index is 104. The Morgan fingerprint density at radius 1 is 1.27 bits per heavy atom. The summed E-state index contributed by atoms with van der Waals surface area (Å²) in [4.78, 5) is 0. The first kappa shape index (κ1) is 10.6. The summed E-state index contributed by atoms with van der Waals surface area (Å²) in [6.07, 6.45) is 0. The highest BCUT2D eigenvalue weighted by Gasteiger charge is 1.88. The highest BCUT2D eigenvalue weighted by Crippen LogP contribution is 1.87. The number of hydrogen-bond donors (Lipinski definition) is 1. The Morgan fingerprint density at radius 2 is 1.91 bits per heavy atom. The van der Waals surface area contributed by atoms with E-state index in [0.717, 1.165) is 5.57 Å². The van der Waals surface area contributed by atoms with Gasteiger partial charge in [-0.05, 0) is 6.92 Å². The lowest BCUT2D eigenvalue weighted by molar-refractivity contribution is 0.0597. The minimum atomic E-state index is 0.570. The number of ether oxygens (including phenoxy) is 2. The molecule has 66 valence electrons. The molecule has 0 bridgehead atoms. The molecule has 0 saturated heterocycles. The van der Waals surface area contributed by atoms with Crippen LogP contribution in [-0.2, 0) is 9.47 Å². The molecule has 0 aromatic carbocycles. The fourth-order valence-corrected chi connectivity index (χ4v) is 0.550. The lowest BCUT2D eigenvalue weighted by Crippen LogP contribution is -2.12. The summed E-state index contributed by atoms with van der Waals surface area (Å²) in [5.41, 5.74) is 6.24. The summed E-state index contributed by atoms with van der Waals surface area (Å²) in [6, 6.07) is 0. The highest BCUT2D eigenvalue weighted by atomic mass is 16.5. The second-order valence-electron chi connectivity index (χ2n) is 2.41. The van der Waals surface area contributed by atoms with E-state index >= 15 is 0 Å². The molecular weight excluding hydrogens is 142 g/mol. The van der Waals surface area contributed by atoms with Crippen molar-refractivity contribution in [2.24, 2.45) is 5.73 Å². The van der Waals surface area contributed by atoms with Crippen LogP contribution >= 0.6 is 0 Å². The van der Waals surface area contributed by atoms with Crippen molar-refractivity contribution in [3.63, 3.8) is 0 Å². The standard InChI is InChI=1S/C8H17NO2/c1-8(2)7-11-6-5-10-4-3-9/h1,3-7,9H2,2H3.